The summed E-state index contributed by atoms with van der Waals surface area (Å²) in [5.41, 5.74) is 3.69. The average molecular weight is 467 g/mol. The highest BCUT2D eigenvalue weighted by Gasteiger charge is 2.22. The fourth-order valence-electron chi connectivity index (χ4n) is 4.14. The molecule has 32 heavy (non-hydrogen) atoms. The number of hydrogen-bond acceptors (Lipinski definition) is 6. The van der Waals surface area contributed by atoms with Gasteiger partial charge in [0.1, 0.15) is 10.7 Å². The van der Waals surface area contributed by atoms with Gasteiger partial charge >= 0.3 is 5.97 Å². The fraction of sp³-hybridized carbons (Fsp3) is 0.304. The molecule has 3 heterocycles. The van der Waals surface area contributed by atoms with Crippen LogP contribution in [0.2, 0.25) is 0 Å². The zero-order chi connectivity index (χ0) is 22.4. The molecule has 0 radical (unpaired) electrons. The number of thioether (sulfide) groups is 1. The monoisotopic (exact) mass is 466 g/mol. The maximum absolute atomic E-state index is 13.5. The van der Waals surface area contributed by atoms with Crippen LogP contribution in [0.1, 0.15) is 46.4 Å². The first-order valence-corrected chi connectivity index (χ1v) is 12.2. The van der Waals surface area contributed by atoms with Crippen LogP contribution in [0.4, 0.5) is 0 Å². The average Bonchev–Trinajstić information content (AvgIpc) is 3.34. The van der Waals surface area contributed by atoms with E-state index in [1.807, 2.05) is 6.92 Å². The number of imidazole rings is 1. The first-order valence-electron chi connectivity index (χ1n) is 10.4. The first kappa shape index (κ1) is 21.0. The summed E-state index contributed by atoms with van der Waals surface area (Å²) >= 11 is 3.10. The minimum atomic E-state index is -0.975. The molecule has 0 amide bonds. The standard InChI is InChI=1S/C23H22N4O3S2/c1-12(2)10-27-21(28)19-14-5-3-4-6-17(14)32-20(19)26-23(27)31-11-18-24-15-8-7-13(22(29)30)9-16(15)25-18/h7-9H,1,3-6,10-11H2,2H3,(H,24,25)(H,29,30). The van der Waals surface area contributed by atoms with Gasteiger partial charge in [-0.15, -0.1) is 11.3 Å². The van der Waals surface area contributed by atoms with Crippen molar-refractivity contribution >= 4 is 50.3 Å². The number of aromatic carboxylic acids is 1. The van der Waals surface area contributed by atoms with Crippen LogP contribution >= 0.6 is 23.1 Å². The van der Waals surface area contributed by atoms with Crippen LogP contribution in [-0.2, 0) is 25.1 Å². The molecule has 0 aliphatic heterocycles. The number of aryl methyl sites for hydroxylation is 2. The molecule has 0 fully saturated rings. The number of benzene rings is 1. The van der Waals surface area contributed by atoms with E-state index >= 15 is 0 Å². The maximum atomic E-state index is 13.5. The predicted octanol–water partition coefficient (Wildman–Crippen LogP) is 4.78. The van der Waals surface area contributed by atoms with Crippen molar-refractivity contribution in [1.29, 1.82) is 0 Å². The number of carboxylic acid groups (broad SMARTS) is 1. The van der Waals surface area contributed by atoms with Gasteiger partial charge in [-0.3, -0.25) is 9.36 Å². The number of fused-ring (bicyclic) bond motifs is 4. The van der Waals surface area contributed by atoms with Crippen molar-refractivity contribution in [3.8, 4) is 0 Å². The number of thiophene rings is 1. The van der Waals surface area contributed by atoms with Gasteiger partial charge in [0.05, 0.1) is 27.7 Å². The molecule has 2 N–H and O–H groups in total. The summed E-state index contributed by atoms with van der Waals surface area (Å²) in [5, 5.41) is 10.6. The number of carbonyl (C=O) groups is 1. The Morgan fingerprint density at radius 1 is 1.31 bits per heavy atom. The summed E-state index contributed by atoms with van der Waals surface area (Å²) in [5.74, 6) is 0.211. The Balaban J connectivity index is 1.51. The van der Waals surface area contributed by atoms with Gasteiger partial charge in [0.25, 0.3) is 5.56 Å². The fourth-order valence-corrected chi connectivity index (χ4v) is 6.31. The molecule has 0 atom stereocenters. The number of hydrogen-bond donors (Lipinski definition) is 2. The molecule has 5 rings (SSSR count). The molecule has 0 bridgehead atoms. The van der Waals surface area contributed by atoms with Crippen molar-refractivity contribution < 1.29 is 9.90 Å². The molecule has 3 aromatic heterocycles. The molecule has 0 unspecified atom stereocenters. The van der Waals surface area contributed by atoms with E-state index in [4.69, 9.17) is 4.98 Å². The number of rotatable bonds is 6. The molecule has 7 nitrogen and oxygen atoms in total. The number of nitrogens with one attached hydrogen (secondary N) is 1. The molecule has 0 saturated carbocycles. The lowest BCUT2D eigenvalue weighted by atomic mass is 9.97. The Labute approximate surface area is 192 Å². The van der Waals surface area contributed by atoms with E-state index in [-0.39, 0.29) is 11.1 Å². The number of H-pyrrole nitrogens is 1. The minimum Gasteiger partial charge on any atom is -0.478 e. The van der Waals surface area contributed by atoms with Crippen LogP contribution in [0.5, 0.6) is 0 Å². The maximum Gasteiger partial charge on any atom is 0.335 e. The zero-order valence-electron chi connectivity index (χ0n) is 17.6. The van der Waals surface area contributed by atoms with Crippen molar-refractivity contribution in [3.63, 3.8) is 0 Å². The Kier molecular flexibility index (Phi) is 5.38. The predicted molar refractivity (Wildman–Crippen MR) is 128 cm³/mol. The van der Waals surface area contributed by atoms with E-state index in [1.165, 1.54) is 22.2 Å². The van der Waals surface area contributed by atoms with Gasteiger partial charge in [-0.05, 0) is 56.4 Å². The quantitative estimate of drug-likeness (QED) is 0.241. The number of aromatic nitrogens is 4. The summed E-state index contributed by atoms with van der Waals surface area (Å²) in [4.78, 5) is 39.4. The zero-order valence-corrected chi connectivity index (χ0v) is 19.2. The first-order chi connectivity index (χ1) is 15.4. The van der Waals surface area contributed by atoms with E-state index in [1.54, 1.807) is 34.1 Å². The van der Waals surface area contributed by atoms with Gasteiger partial charge in [0.15, 0.2) is 5.16 Å². The van der Waals surface area contributed by atoms with Crippen molar-refractivity contribution in [3.05, 3.63) is 62.5 Å². The van der Waals surface area contributed by atoms with Gasteiger partial charge in [-0.1, -0.05) is 23.9 Å². The molecule has 1 aromatic carbocycles. The highest BCUT2D eigenvalue weighted by molar-refractivity contribution is 7.98. The molecule has 9 heteroatoms. The largest absolute Gasteiger partial charge is 0.478 e. The Hall–Kier alpha value is -2.91. The van der Waals surface area contributed by atoms with Crippen LogP contribution in [0.25, 0.3) is 21.3 Å². The topological polar surface area (TPSA) is 101 Å². The Morgan fingerprint density at radius 2 is 2.12 bits per heavy atom. The molecule has 1 aliphatic carbocycles. The third kappa shape index (κ3) is 3.75. The molecule has 0 saturated heterocycles. The van der Waals surface area contributed by atoms with Crippen LogP contribution in [0.15, 0.2) is 40.3 Å². The SMILES string of the molecule is C=C(C)Cn1c(SCc2nc3ccc(C(=O)O)cc3[nH]2)nc2sc3c(c2c1=O)CCCC3. The van der Waals surface area contributed by atoms with Crippen molar-refractivity contribution in [2.45, 2.75) is 50.1 Å². The number of nitrogens with zero attached hydrogens (tertiary/aromatic N) is 3. The van der Waals surface area contributed by atoms with Crippen LogP contribution < -0.4 is 5.56 Å². The lowest BCUT2D eigenvalue weighted by molar-refractivity contribution is 0.0697. The molecular formula is C23H22N4O3S2. The summed E-state index contributed by atoms with van der Waals surface area (Å²) < 4.78 is 1.72. The second kappa shape index (κ2) is 8.22. The second-order valence-corrected chi connectivity index (χ2v) is 10.2. The highest BCUT2D eigenvalue weighted by atomic mass is 32.2. The molecule has 1 aliphatic rings. The lowest BCUT2D eigenvalue weighted by Gasteiger charge is -2.13. The third-order valence-electron chi connectivity index (χ3n) is 5.58. The van der Waals surface area contributed by atoms with E-state index in [2.05, 4.69) is 16.5 Å². The number of allylic oxidation sites excluding steroid dienone is 1. The Morgan fingerprint density at radius 3 is 2.91 bits per heavy atom. The van der Waals surface area contributed by atoms with Gasteiger partial charge < -0.3 is 10.1 Å². The number of aromatic amines is 1. The minimum absolute atomic E-state index is 0.00982. The molecular weight excluding hydrogens is 444 g/mol. The third-order valence-corrected chi connectivity index (χ3v) is 7.76. The van der Waals surface area contributed by atoms with Crippen LogP contribution in [0.3, 0.4) is 0 Å². The smallest absolute Gasteiger partial charge is 0.335 e. The van der Waals surface area contributed by atoms with Gasteiger partial charge in [-0.25, -0.2) is 14.8 Å². The van der Waals surface area contributed by atoms with E-state index in [0.29, 0.717) is 34.3 Å². The second-order valence-electron chi connectivity index (χ2n) is 8.14. The summed E-state index contributed by atoms with van der Waals surface area (Å²) in [6, 6.07) is 4.82. The highest BCUT2D eigenvalue weighted by Crippen LogP contribution is 2.35. The Bertz CT molecular complexity index is 1450. The van der Waals surface area contributed by atoms with Gasteiger partial charge in [0, 0.05) is 11.4 Å². The summed E-state index contributed by atoms with van der Waals surface area (Å²) in [7, 11) is 0. The number of carboxylic acids is 1. The van der Waals surface area contributed by atoms with Gasteiger partial charge in [0.2, 0.25) is 0 Å². The van der Waals surface area contributed by atoms with E-state index in [9.17, 15) is 14.7 Å². The van der Waals surface area contributed by atoms with Crippen molar-refractivity contribution in [2.75, 3.05) is 0 Å². The summed E-state index contributed by atoms with van der Waals surface area (Å²) in [6.07, 6.45) is 4.25. The van der Waals surface area contributed by atoms with Crippen LogP contribution in [-0.4, -0.2) is 30.6 Å². The van der Waals surface area contributed by atoms with Gasteiger partial charge in [-0.2, -0.15) is 0 Å². The molecule has 4 aromatic rings. The van der Waals surface area contributed by atoms with Crippen molar-refractivity contribution in [1.82, 2.24) is 19.5 Å². The lowest BCUT2D eigenvalue weighted by Crippen LogP contribution is -2.24. The summed E-state index contributed by atoms with van der Waals surface area (Å²) in [6.45, 7) is 6.33. The van der Waals surface area contributed by atoms with Crippen molar-refractivity contribution in [2.24, 2.45) is 0 Å². The van der Waals surface area contributed by atoms with Crippen LogP contribution in [0, 0.1) is 0 Å². The molecule has 0 spiro atoms. The molecule has 164 valence electrons. The van der Waals surface area contributed by atoms with E-state index in [0.717, 1.165) is 41.5 Å². The van der Waals surface area contributed by atoms with E-state index < -0.39 is 5.97 Å². The normalized spacial score (nSPS) is 13.5.